The molecule has 3 aliphatic carbocycles. The van der Waals surface area contributed by atoms with E-state index >= 15 is 0 Å². The summed E-state index contributed by atoms with van der Waals surface area (Å²) in [5.41, 5.74) is 16.8. The third-order valence-corrected chi connectivity index (χ3v) is 18.4. The maximum atomic E-state index is 12.0. The van der Waals surface area contributed by atoms with Crippen molar-refractivity contribution in [2.45, 2.75) is 74.5 Å². The zero-order chi connectivity index (χ0) is 65.7. The Bertz CT molecular complexity index is 4770. The Labute approximate surface area is 549 Å². The number of sulfone groups is 2. The van der Waals surface area contributed by atoms with Crippen LogP contribution in [0.1, 0.15) is 73.1 Å². The molecule has 482 valence electrons. The van der Waals surface area contributed by atoms with Gasteiger partial charge in [0.15, 0.2) is 34.9 Å². The molecule has 0 atom stereocenters. The van der Waals surface area contributed by atoms with Gasteiger partial charge in [0.2, 0.25) is 9.05 Å². The number of hydrogen-bond acceptors (Lipinski definition) is 19. The van der Waals surface area contributed by atoms with E-state index in [1.165, 1.54) is 12.5 Å². The highest BCUT2D eigenvalue weighted by Crippen LogP contribution is 2.50. The summed E-state index contributed by atoms with van der Waals surface area (Å²) in [5.74, 6) is 4.11. The fourth-order valence-electron chi connectivity index (χ4n) is 11.2. The number of nitrogens with zero attached hydrogens (tertiary/aromatic N) is 12. The van der Waals surface area contributed by atoms with Gasteiger partial charge >= 0.3 is 0 Å². The topological polar surface area (TPSA) is 294 Å². The van der Waals surface area contributed by atoms with Crippen LogP contribution >= 0.6 is 10.7 Å². The lowest BCUT2D eigenvalue weighted by Gasteiger charge is -2.16. The average Bonchev–Trinajstić information content (AvgIpc) is 1.59. The lowest BCUT2D eigenvalue weighted by atomic mass is 10.1. The Hall–Kier alpha value is -9.53. The molecule has 94 heavy (non-hydrogen) atoms. The molecule has 3 aliphatic rings. The Morgan fingerprint density at radius 3 is 0.968 bits per heavy atom. The van der Waals surface area contributed by atoms with Gasteiger partial charge in [-0.15, -0.1) is 0 Å². The van der Waals surface area contributed by atoms with Crippen molar-refractivity contribution < 1.29 is 25.3 Å². The third kappa shape index (κ3) is 15.9. The summed E-state index contributed by atoms with van der Waals surface area (Å²) in [6.07, 6.45) is 19.5. The van der Waals surface area contributed by atoms with E-state index in [2.05, 4.69) is 84.0 Å². The molecule has 22 nitrogen and oxygen atoms in total. The van der Waals surface area contributed by atoms with Gasteiger partial charge < -0.3 is 21.7 Å². The molecule has 15 rings (SSSR count). The number of pyridine rings is 3. The van der Waals surface area contributed by atoms with Crippen LogP contribution in [-0.4, -0.2) is 114 Å². The highest BCUT2D eigenvalue weighted by atomic mass is 35.7. The Morgan fingerprint density at radius 2 is 0.702 bits per heavy atom. The molecule has 26 heteroatoms. The molecular formula is C68H69ClN16O6S3. The fraction of sp³-hybridized carbons (Fsp3) is 0.250. The molecule has 0 amide bonds. The van der Waals surface area contributed by atoms with Crippen molar-refractivity contribution in [1.82, 2.24) is 58.7 Å². The number of fused-ring (bicyclic) bond motifs is 3. The van der Waals surface area contributed by atoms with Crippen molar-refractivity contribution in [2.24, 2.45) is 5.73 Å². The Kier molecular flexibility index (Phi) is 18.4. The predicted molar refractivity (Wildman–Crippen MR) is 367 cm³/mol. The second kappa shape index (κ2) is 26.8. The van der Waals surface area contributed by atoms with Crippen molar-refractivity contribution in [3.05, 3.63) is 236 Å². The molecule has 9 heterocycles. The van der Waals surface area contributed by atoms with Crippen molar-refractivity contribution in [3.8, 4) is 33.4 Å². The number of anilines is 3. The molecule has 0 saturated heterocycles. The van der Waals surface area contributed by atoms with Crippen molar-refractivity contribution in [1.29, 1.82) is 0 Å². The van der Waals surface area contributed by atoms with Crippen molar-refractivity contribution in [3.63, 3.8) is 0 Å². The van der Waals surface area contributed by atoms with Gasteiger partial charge in [-0.05, 0) is 110 Å². The molecule has 0 radical (unpaired) electrons. The fourth-order valence-corrected chi connectivity index (χ4v) is 14.1. The Balaban J connectivity index is 0.000000131. The van der Waals surface area contributed by atoms with Crippen molar-refractivity contribution in [2.75, 3.05) is 46.2 Å². The molecule has 0 spiro atoms. The van der Waals surface area contributed by atoms with E-state index in [9.17, 15) is 25.3 Å². The van der Waals surface area contributed by atoms with Crippen LogP contribution in [0.2, 0.25) is 0 Å². The van der Waals surface area contributed by atoms with Gasteiger partial charge in [0.1, 0.15) is 36.2 Å². The molecule has 3 aromatic carbocycles. The zero-order valence-corrected chi connectivity index (χ0v) is 55.0. The monoisotopic (exact) mass is 1340 g/mol. The number of halogens is 1. The third-order valence-electron chi connectivity index (χ3n) is 16.2. The summed E-state index contributed by atoms with van der Waals surface area (Å²) in [6.45, 7) is 1.60. The van der Waals surface area contributed by atoms with Gasteiger partial charge in [-0.2, -0.15) is 15.3 Å². The van der Waals surface area contributed by atoms with E-state index in [1.807, 2.05) is 153 Å². The molecule has 3 saturated carbocycles. The minimum absolute atomic E-state index is 0.0675. The molecule has 12 aromatic rings. The van der Waals surface area contributed by atoms with Gasteiger partial charge in [0.25, 0.3) is 0 Å². The van der Waals surface area contributed by atoms with Gasteiger partial charge in [-0.25, -0.2) is 53.8 Å². The van der Waals surface area contributed by atoms with Gasteiger partial charge in [-0.1, -0.05) is 109 Å². The van der Waals surface area contributed by atoms with Crippen LogP contribution in [0.3, 0.4) is 0 Å². The van der Waals surface area contributed by atoms with Crippen LogP contribution in [0.15, 0.2) is 201 Å². The minimum Gasteiger partial charge on any atom is -0.363 e. The highest BCUT2D eigenvalue weighted by Gasteiger charge is 2.51. The first-order valence-electron chi connectivity index (χ1n) is 30.4. The van der Waals surface area contributed by atoms with Crippen LogP contribution in [0.4, 0.5) is 17.5 Å². The molecule has 3 fully saturated rings. The predicted octanol–water partition coefficient (Wildman–Crippen LogP) is 10.5. The number of rotatable bonds is 19. The zero-order valence-electron chi connectivity index (χ0n) is 51.8. The summed E-state index contributed by atoms with van der Waals surface area (Å²) in [5, 5.41) is 24.5. The van der Waals surface area contributed by atoms with E-state index < -0.39 is 45.1 Å². The van der Waals surface area contributed by atoms with E-state index in [0.717, 1.165) is 118 Å². The molecule has 0 unspecified atom stereocenters. The summed E-state index contributed by atoms with van der Waals surface area (Å²) >= 11 is 0. The lowest BCUT2D eigenvalue weighted by Crippen LogP contribution is -2.24. The number of aromatic nitrogens is 12. The van der Waals surface area contributed by atoms with E-state index in [4.69, 9.17) is 36.0 Å². The van der Waals surface area contributed by atoms with Crippen LogP contribution < -0.4 is 21.7 Å². The summed E-state index contributed by atoms with van der Waals surface area (Å²) < 4.78 is 72.4. The molecule has 0 bridgehead atoms. The normalized spacial score (nSPS) is 14.9. The summed E-state index contributed by atoms with van der Waals surface area (Å²) in [7, 11) is -4.98. The molecule has 0 aliphatic heterocycles. The first-order valence-corrected chi connectivity index (χ1v) is 37.3. The quantitative estimate of drug-likeness (QED) is 0.0547. The minimum atomic E-state index is -3.19. The standard InChI is InChI=1S/2C23H23N5O2S.C21H20N6.CH3ClO2S/c2*1-31(29,30)16-23(11-12-23)22-26-21(25-15-18-9-5-6-13-24-18)20-19(10-14-28(20)27-22)17-7-3-2-4-8-17;22-21(10-11-21)20-25-19(24-14-16-8-4-5-12-23-16)18-17(9-13-27(18)26-20)15-6-2-1-3-7-15;1-5(2,3)4/h2*2-10,13-14H,11-12,15-16H2,1H3,(H,25,26,27);1-9,12-13H,10-11,14,22H2,(H,24,25,26);1H3. The van der Waals surface area contributed by atoms with E-state index in [0.29, 0.717) is 48.7 Å². The molecular weight excluding hydrogens is 1270 g/mol. The highest BCUT2D eigenvalue weighted by molar-refractivity contribution is 8.13. The second-order valence-corrected chi connectivity index (χ2v) is 31.4. The first-order chi connectivity index (χ1) is 45.1. The lowest BCUT2D eigenvalue weighted by molar-refractivity contribution is 0.582. The maximum absolute atomic E-state index is 12.0. The van der Waals surface area contributed by atoms with E-state index in [-0.39, 0.29) is 11.5 Å². The SMILES string of the molecule is CS(=O)(=O)CC1(c2nc(NCc3ccccn3)c3c(-c4ccccc4)ccn3n2)CC1.CS(=O)(=O)CC1(c2nc(NCc3ccccn3)c3c(-c4ccccc4)ccn3n2)CC1.CS(=O)(=O)Cl.NC1(c2nc(NCc3ccccn3)c3c(-c4ccccc4)ccn3n2)CC1. The van der Waals surface area contributed by atoms with Gasteiger partial charge in [-0.3, -0.25) is 15.0 Å². The van der Waals surface area contributed by atoms with Crippen LogP contribution in [0.25, 0.3) is 49.9 Å². The van der Waals surface area contributed by atoms with Crippen LogP contribution in [0.5, 0.6) is 0 Å². The number of hydrogen-bond donors (Lipinski definition) is 4. The number of nitrogens with two attached hydrogens (primary N) is 1. The number of nitrogens with one attached hydrogen (secondary N) is 3. The summed E-state index contributed by atoms with van der Waals surface area (Å²) in [6, 6.07) is 54.0. The van der Waals surface area contributed by atoms with Crippen LogP contribution in [0, 0.1) is 0 Å². The maximum Gasteiger partial charge on any atom is 0.229 e. The molecule has 5 N–H and O–H groups in total. The average molecular weight is 1340 g/mol. The summed E-state index contributed by atoms with van der Waals surface area (Å²) in [4.78, 5) is 27.7. The van der Waals surface area contributed by atoms with Crippen molar-refractivity contribution >= 4 is 73.4 Å². The molecule has 9 aromatic heterocycles. The second-order valence-electron chi connectivity index (χ2n) is 24.1. The van der Waals surface area contributed by atoms with Gasteiger partial charge in [0, 0.05) is 87.9 Å². The largest absolute Gasteiger partial charge is 0.363 e. The van der Waals surface area contributed by atoms with Crippen LogP contribution in [-0.2, 0) is 64.7 Å². The first kappa shape index (κ1) is 64.6. The van der Waals surface area contributed by atoms with E-state index in [1.54, 1.807) is 18.6 Å². The number of benzene rings is 3. The Morgan fingerprint density at radius 1 is 0.415 bits per heavy atom. The van der Waals surface area contributed by atoms with Gasteiger partial charge in [0.05, 0.1) is 60.0 Å². The smallest absolute Gasteiger partial charge is 0.229 e.